The van der Waals surface area contributed by atoms with Crippen molar-refractivity contribution >= 4 is 0 Å². The molecule has 0 aliphatic carbocycles. The summed E-state index contributed by atoms with van der Waals surface area (Å²) in [7, 11) is 0. The molecule has 0 fully saturated rings. The second kappa shape index (κ2) is 9.22. The lowest BCUT2D eigenvalue weighted by atomic mass is 10.2. The topological polar surface area (TPSA) is 0 Å². The minimum absolute atomic E-state index is 1.03. The second-order valence-electron chi connectivity index (χ2n) is 2.33. The maximum absolute atomic E-state index is 3.77. The Morgan fingerprint density at radius 2 is 1.82 bits per heavy atom. The number of unbranched alkanes of at least 4 members (excludes halogenated alkanes) is 2. The van der Waals surface area contributed by atoms with Crippen LogP contribution in [0.2, 0.25) is 0 Å². The first-order valence-corrected chi connectivity index (χ1v) is 4.15. The zero-order valence-corrected chi connectivity index (χ0v) is 7.29. The Hall–Kier alpha value is -0.780. The largest absolute Gasteiger partial charge is 0.0877 e. The molecule has 0 aromatic carbocycles. The van der Waals surface area contributed by atoms with E-state index in [1.165, 1.54) is 6.42 Å². The van der Waals surface area contributed by atoms with E-state index in [1.54, 1.807) is 0 Å². The molecule has 0 spiro atoms. The van der Waals surface area contributed by atoms with Crippen molar-refractivity contribution in [1.29, 1.82) is 0 Å². The molecule has 0 nitrogen and oxygen atoms in total. The zero-order valence-electron chi connectivity index (χ0n) is 7.29. The van der Waals surface area contributed by atoms with Gasteiger partial charge in [0, 0.05) is 0 Å². The Morgan fingerprint density at radius 1 is 1.09 bits per heavy atom. The van der Waals surface area contributed by atoms with Crippen molar-refractivity contribution in [3.8, 4) is 0 Å². The van der Waals surface area contributed by atoms with Crippen molar-refractivity contribution in [3.63, 3.8) is 0 Å². The first kappa shape index (κ1) is 10.2. The Balaban J connectivity index is 3.28. The summed E-state index contributed by atoms with van der Waals surface area (Å²) < 4.78 is 0. The quantitative estimate of drug-likeness (QED) is 0.413. The molecule has 0 rings (SSSR count). The van der Waals surface area contributed by atoms with E-state index in [2.05, 4.69) is 19.1 Å². The van der Waals surface area contributed by atoms with Gasteiger partial charge in [-0.25, -0.2) is 0 Å². The van der Waals surface area contributed by atoms with Gasteiger partial charge in [0.1, 0.15) is 0 Å². The fraction of sp³-hybridized carbons (Fsp3) is 0.364. The lowest BCUT2D eigenvalue weighted by Gasteiger charge is -1.84. The minimum Gasteiger partial charge on any atom is -0.0877 e. The van der Waals surface area contributed by atoms with Gasteiger partial charge in [0.25, 0.3) is 0 Å². The molecule has 0 amide bonds. The first-order valence-electron chi connectivity index (χ1n) is 4.15. The highest BCUT2D eigenvalue weighted by atomic mass is 13.8. The van der Waals surface area contributed by atoms with Crippen LogP contribution >= 0.6 is 0 Å². The maximum atomic E-state index is 3.77. The van der Waals surface area contributed by atoms with Crippen LogP contribution in [0.1, 0.15) is 26.2 Å². The molecule has 1 radical (unpaired) electrons. The highest BCUT2D eigenvalue weighted by molar-refractivity contribution is 5.10. The van der Waals surface area contributed by atoms with Crippen molar-refractivity contribution in [3.05, 3.63) is 43.4 Å². The Bertz CT molecular complexity index is 138. The van der Waals surface area contributed by atoms with Gasteiger partial charge in [-0.05, 0) is 19.8 Å². The van der Waals surface area contributed by atoms with E-state index in [0.717, 1.165) is 12.8 Å². The molecule has 0 saturated heterocycles. The molecule has 0 heterocycles. The van der Waals surface area contributed by atoms with Crippen molar-refractivity contribution in [2.45, 2.75) is 26.2 Å². The summed E-state index contributed by atoms with van der Waals surface area (Å²) in [6.45, 7) is 5.78. The van der Waals surface area contributed by atoms with Crippen LogP contribution in [0.3, 0.4) is 0 Å². The summed E-state index contributed by atoms with van der Waals surface area (Å²) in [5.74, 6) is 0. The van der Waals surface area contributed by atoms with Crippen molar-refractivity contribution < 1.29 is 0 Å². The average Bonchev–Trinajstić information content (AvgIpc) is 2.03. The highest BCUT2D eigenvalue weighted by Gasteiger charge is 1.74. The van der Waals surface area contributed by atoms with E-state index in [4.69, 9.17) is 0 Å². The molecule has 0 aliphatic rings. The fourth-order valence-electron chi connectivity index (χ4n) is 0.676. The van der Waals surface area contributed by atoms with Crippen LogP contribution < -0.4 is 0 Å². The molecular formula is C11H17. The maximum Gasteiger partial charge on any atom is -0.0348 e. The smallest absolute Gasteiger partial charge is 0.0348 e. The highest BCUT2D eigenvalue weighted by Crippen LogP contribution is 1.94. The number of hydrogen-bond donors (Lipinski definition) is 0. The summed E-state index contributed by atoms with van der Waals surface area (Å²) >= 11 is 0. The summed E-state index contributed by atoms with van der Waals surface area (Å²) in [6, 6.07) is 0. The lowest BCUT2D eigenvalue weighted by Crippen LogP contribution is -1.65. The monoisotopic (exact) mass is 149 g/mol. The normalized spacial score (nSPS) is 12.5. The SMILES string of the molecule is [CH2]CCC/C=C/C=C/C=C/C. The summed E-state index contributed by atoms with van der Waals surface area (Å²) in [6.07, 6.45) is 15.7. The zero-order chi connectivity index (χ0) is 8.36. The molecule has 0 aliphatic heterocycles. The van der Waals surface area contributed by atoms with Crippen LogP contribution in [0.25, 0.3) is 0 Å². The van der Waals surface area contributed by atoms with Gasteiger partial charge >= 0.3 is 0 Å². The Labute approximate surface area is 70.3 Å². The van der Waals surface area contributed by atoms with E-state index in [1.807, 2.05) is 31.2 Å². The van der Waals surface area contributed by atoms with Gasteiger partial charge in [-0.2, -0.15) is 0 Å². The minimum atomic E-state index is 1.03. The van der Waals surface area contributed by atoms with Crippen LogP contribution in [0.4, 0.5) is 0 Å². The van der Waals surface area contributed by atoms with E-state index in [0.29, 0.717) is 0 Å². The molecule has 61 valence electrons. The van der Waals surface area contributed by atoms with Crippen LogP contribution in [0.15, 0.2) is 36.5 Å². The fourth-order valence-corrected chi connectivity index (χ4v) is 0.676. The van der Waals surface area contributed by atoms with Gasteiger partial charge < -0.3 is 0 Å². The molecule has 0 saturated carbocycles. The van der Waals surface area contributed by atoms with Crippen molar-refractivity contribution in [2.75, 3.05) is 0 Å². The third kappa shape index (κ3) is 9.22. The van der Waals surface area contributed by atoms with Gasteiger partial charge in [0.2, 0.25) is 0 Å². The van der Waals surface area contributed by atoms with E-state index < -0.39 is 0 Å². The van der Waals surface area contributed by atoms with Crippen LogP contribution in [-0.2, 0) is 0 Å². The molecule has 0 aromatic heterocycles. The number of rotatable bonds is 5. The third-order valence-corrected chi connectivity index (χ3v) is 1.28. The van der Waals surface area contributed by atoms with Crippen LogP contribution in [0, 0.1) is 6.92 Å². The number of hydrogen-bond acceptors (Lipinski definition) is 0. The standard InChI is InChI=1S/C11H17/c1-3-5-7-9-11-10-8-6-4-2/h4,6,8-11H,1,3,5,7H2,2H3/b6-4+,10-8+,11-9+. The van der Waals surface area contributed by atoms with Crippen molar-refractivity contribution in [1.82, 2.24) is 0 Å². The van der Waals surface area contributed by atoms with Gasteiger partial charge in [0.15, 0.2) is 0 Å². The predicted octanol–water partition coefficient (Wildman–Crippen LogP) is 3.68. The Kier molecular flexibility index (Phi) is 8.57. The van der Waals surface area contributed by atoms with Gasteiger partial charge in [-0.1, -0.05) is 49.8 Å². The van der Waals surface area contributed by atoms with Crippen molar-refractivity contribution in [2.24, 2.45) is 0 Å². The van der Waals surface area contributed by atoms with E-state index in [9.17, 15) is 0 Å². The third-order valence-electron chi connectivity index (χ3n) is 1.28. The summed E-state index contributed by atoms with van der Waals surface area (Å²) in [4.78, 5) is 0. The van der Waals surface area contributed by atoms with Gasteiger partial charge in [0.05, 0.1) is 0 Å². The molecule has 0 aromatic rings. The molecule has 11 heavy (non-hydrogen) atoms. The van der Waals surface area contributed by atoms with Gasteiger partial charge in [-0.15, -0.1) is 0 Å². The molecule has 0 N–H and O–H groups in total. The van der Waals surface area contributed by atoms with E-state index >= 15 is 0 Å². The predicted molar refractivity (Wildman–Crippen MR) is 52.3 cm³/mol. The van der Waals surface area contributed by atoms with Gasteiger partial charge in [-0.3, -0.25) is 0 Å². The molecule has 0 unspecified atom stereocenters. The molecule has 0 heteroatoms. The summed E-state index contributed by atoms with van der Waals surface area (Å²) in [5, 5.41) is 0. The first-order chi connectivity index (χ1) is 5.41. The van der Waals surface area contributed by atoms with Crippen LogP contribution in [0.5, 0.6) is 0 Å². The van der Waals surface area contributed by atoms with Crippen LogP contribution in [-0.4, -0.2) is 0 Å². The second-order valence-corrected chi connectivity index (χ2v) is 2.33. The lowest BCUT2D eigenvalue weighted by molar-refractivity contribution is 0.866. The Morgan fingerprint density at radius 3 is 2.45 bits per heavy atom. The molecule has 0 bridgehead atoms. The number of allylic oxidation sites excluding steroid dienone is 6. The molecular weight excluding hydrogens is 132 g/mol. The van der Waals surface area contributed by atoms with E-state index in [-0.39, 0.29) is 0 Å². The average molecular weight is 149 g/mol. The summed E-state index contributed by atoms with van der Waals surface area (Å²) in [5.41, 5.74) is 0. The molecule has 0 atom stereocenters.